The van der Waals surface area contributed by atoms with Gasteiger partial charge in [-0.3, -0.25) is 4.79 Å². The molecule has 1 atom stereocenters. The van der Waals surface area contributed by atoms with Crippen LogP contribution >= 0.6 is 0 Å². The van der Waals surface area contributed by atoms with Crippen LogP contribution in [0.1, 0.15) is 55.3 Å². The zero-order valence-electron chi connectivity index (χ0n) is 13.6. The maximum absolute atomic E-state index is 13.2. The third-order valence-electron chi connectivity index (χ3n) is 4.77. The van der Waals surface area contributed by atoms with Crippen molar-refractivity contribution >= 4 is 5.78 Å². The molecule has 7 nitrogen and oxygen atoms in total. The van der Waals surface area contributed by atoms with Crippen molar-refractivity contribution in [3.05, 3.63) is 56.6 Å². The Balaban J connectivity index is 2.19. The molecule has 7 heteroatoms. The van der Waals surface area contributed by atoms with Gasteiger partial charge < -0.3 is 5.32 Å². The highest BCUT2D eigenvalue weighted by molar-refractivity contribution is 6.24. The van der Waals surface area contributed by atoms with Crippen LogP contribution in [-0.4, -0.2) is 12.3 Å². The maximum atomic E-state index is 13.2. The molecule has 1 N–H and O–H groups in total. The molecule has 0 spiro atoms. The number of nitriles is 5. The summed E-state index contributed by atoms with van der Waals surface area (Å²) in [7, 11) is 0. The summed E-state index contributed by atoms with van der Waals surface area (Å²) in [5, 5.41) is 50.3. The van der Waals surface area contributed by atoms with Gasteiger partial charge in [-0.2, -0.15) is 26.3 Å². The fraction of sp³-hybridized carbons (Fsp3) is 0.100. The maximum Gasteiger partial charge on any atom is 0.196 e. The molecule has 1 aliphatic heterocycles. The smallest absolute Gasteiger partial charge is 0.196 e. The molecule has 0 aromatic heterocycles. The van der Waals surface area contributed by atoms with Crippen LogP contribution in [0.4, 0.5) is 0 Å². The SMILES string of the molecule is N#Cc1cc2c(c(C#N)c1C#N)C(=O)c1c-2cc(C#N)c(C#N)c1C1CN1. The largest absolute Gasteiger partial charge is 0.307 e. The van der Waals surface area contributed by atoms with Gasteiger partial charge in [-0.05, 0) is 23.3 Å². The number of benzene rings is 2. The van der Waals surface area contributed by atoms with Crippen molar-refractivity contribution in [2.45, 2.75) is 6.04 Å². The molecule has 1 aliphatic carbocycles. The number of rotatable bonds is 1. The average Bonchev–Trinajstić information content (AvgIpc) is 3.50. The summed E-state index contributed by atoms with van der Waals surface area (Å²) in [6, 6.07) is 12.2. The standard InChI is InChI=1S/C20H6N6O/c21-3-9-1-11-12-2-10(4-22)14(6-24)18(16-8-26-16)19(12)20(27)17(11)15(7-25)13(9)5-23/h1-2,16,26H,8H2. The molecule has 1 fully saturated rings. The lowest BCUT2D eigenvalue weighted by Gasteiger charge is -2.10. The van der Waals surface area contributed by atoms with Gasteiger partial charge in [-0.25, -0.2) is 0 Å². The topological polar surface area (TPSA) is 158 Å². The van der Waals surface area contributed by atoms with Gasteiger partial charge in [0.25, 0.3) is 0 Å². The fourth-order valence-electron chi connectivity index (χ4n) is 3.55. The van der Waals surface area contributed by atoms with Gasteiger partial charge in [0.05, 0.1) is 27.8 Å². The highest BCUT2D eigenvalue weighted by Gasteiger charge is 2.40. The first-order chi connectivity index (χ1) is 13.1. The van der Waals surface area contributed by atoms with Crippen LogP contribution < -0.4 is 5.32 Å². The van der Waals surface area contributed by atoms with Gasteiger partial charge in [0.1, 0.15) is 30.3 Å². The molecular formula is C20H6N6O. The molecule has 0 amide bonds. The normalized spacial score (nSPS) is 15.4. The second kappa shape index (κ2) is 5.52. The van der Waals surface area contributed by atoms with E-state index in [1.807, 2.05) is 30.3 Å². The van der Waals surface area contributed by atoms with Crippen LogP contribution in [0.2, 0.25) is 0 Å². The fourth-order valence-corrected chi connectivity index (χ4v) is 3.55. The number of nitrogens with one attached hydrogen (secondary N) is 1. The lowest BCUT2D eigenvalue weighted by Crippen LogP contribution is -2.07. The van der Waals surface area contributed by atoms with Gasteiger partial charge in [-0.15, -0.1) is 0 Å². The molecule has 2 aromatic rings. The van der Waals surface area contributed by atoms with Crippen molar-refractivity contribution in [2.75, 3.05) is 6.54 Å². The Bertz CT molecular complexity index is 1300. The summed E-state index contributed by atoms with van der Waals surface area (Å²) in [4.78, 5) is 13.2. The third-order valence-corrected chi connectivity index (χ3v) is 4.77. The summed E-state index contributed by atoms with van der Waals surface area (Å²) in [5.74, 6) is -0.470. The van der Waals surface area contributed by atoms with E-state index in [2.05, 4.69) is 5.32 Å². The van der Waals surface area contributed by atoms with Crippen LogP contribution in [0.25, 0.3) is 11.1 Å². The molecule has 0 radical (unpaired) electrons. The van der Waals surface area contributed by atoms with E-state index >= 15 is 0 Å². The number of carbonyl (C=O) groups is 1. The molecule has 2 aromatic carbocycles. The van der Waals surface area contributed by atoms with Gasteiger partial charge in [0.2, 0.25) is 0 Å². The number of hydrogen-bond donors (Lipinski definition) is 1. The minimum atomic E-state index is -0.470. The lowest BCUT2D eigenvalue weighted by atomic mass is 9.90. The van der Waals surface area contributed by atoms with Gasteiger partial charge in [-0.1, -0.05) is 0 Å². The summed E-state index contributed by atoms with van der Waals surface area (Å²) in [6.45, 7) is 0.567. The molecule has 0 saturated carbocycles. The lowest BCUT2D eigenvalue weighted by molar-refractivity contribution is 0.104. The van der Waals surface area contributed by atoms with E-state index in [4.69, 9.17) is 0 Å². The average molecular weight is 346 g/mol. The van der Waals surface area contributed by atoms with E-state index in [1.165, 1.54) is 12.1 Å². The second-order valence-electron chi connectivity index (χ2n) is 6.08. The Hall–Kier alpha value is -4.48. The Morgan fingerprint density at radius 2 is 1.30 bits per heavy atom. The summed E-state index contributed by atoms with van der Waals surface area (Å²) in [5.41, 5.74) is 1.43. The first-order valence-electron chi connectivity index (χ1n) is 7.82. The van der Waals surface area contributed by atoms with Gasteiger partial charge >= 0.3 is 0 Å². The van der Waals surface area contributed by atoms with Crippen LogP contribution in [0.15, 0.2) is 12.1 Å². The quantitative estimate of drug-likeness (QED) is 0.659. The van der Waals surface area contributed by atoms with E-state index in [0.717, 1.165) is 0 Å². The van der Waals surface area contributed by atoms with Crippen molar-refractivity contribution < 1.29 is 4.79 Å². The second-order valence-corrected chi connectivity index (χ2v) is 6.08. The van der Waals surface area contributed by atoms with E-state index < -0.39 is 5.78 Å². The van der Waals surface area contributed by atoms with Crippen molar-refractivity contribution in [2.24, 2.45) is 0 Å². The van der Waals surface area contributed by atoms with E-state index in [1.54, 1.807) is 0 Å². The van der Waals surface area contributed by atoms with E-state index in [9.17, 15) is 31.1 Å². The first-order valence-corrected chi connectivity index (χ1v) is 7.82. The molecule has 2 aliphatic rings. The minimum absolute atomic E-state index is 0.0117. The highest BCUT2D eigenvalue weighted by atomic mass is 16.1. The predicted octanol–water partition coefficient (Wildman–Crippen LogP) is 1.90. The first kappa shape index (κ1) is 16.0. The summed E-state index contributed by atoms with van der Waals surface area (Å²) < 4.78 is 0. The van der Waals surface area contributed by atoms with Crippen LogP contribution in [-0.2, 0) is 0 Å². The van der Waals surface area contributed by atoms with E-state index in [-0.39, 0.29) is 45.0 Å². The third kappa shape index (κ3) is 1.97. The molecule has 122 valence electrons. The number of ketones is 1. The molecule has 1 heterocycles. The number of hydrogen-bond acceptors (Lipinski definition) is 7. The number of nitrogens with zero attached hydrogens (tertiary/aromatic N) is 5. The van der Waals surface area contributed by atoms with Crippen LogP contribution in [0.3, 0.4) is 0 Å². The van der Waals surface area contributed by atoms with Crippen molar-refractivity contribution in [3.63, 3.8) is 0 Å². The van der Waals surface area contributed by atoms with Crippen molar-refractivity contribution in [3.8, 4) is 41.5 Å². The van der Waals surface area contributed by atoms with Gasteiger partial charge in [0, 0.05) is 29.3 Å². The van der Waals surface area contributed by atoms with E-state index in [0.29, 0.717) is 23.2 Å². The molecule has 1 unspecified atom stereocenters. The minimum Gasteiger partial charge on any atom is -0.307 e. The molecule has 1 saturated heterocycles. The van der Waals surface area contributed by atoms with Gasteiger partial charge in [0.15, 0.2) is 5.78 Å². The Kier molecular flexibility index (Phi) is 3.27. The molecule has 27 heavy (non-hydrogen) atoms. The molecular weight excluding hydrogens is 340 g/mol. The zero-order chi connectivity index (χ0) is 19.3. The van der Waals surface area contributed by atoms with Crippen molar-refractivity contribution in [1.82, 2.24) is 5.32 Å². The highest BCUT2D eigenvalue weighted by Crippen LogP contribution is 2.46. The molecule has 0 bridgehead atoms. The Morgan fingerprint density at radius 1 is 0.778 bits per heavy atom. The van der Waals surface area contributed by atoms with Crippen LogP contribution in [0.5, 0.6) is 0 Å². The summed E-state index contributed by atoms with van der Waals surface area (Å²) >= 11 is 0. The van der Waals surface area contributed by atoms with Crippen LogP contribution in [0, 0.1) is 56.7 Å². The Labute approximate surface area is 153 Å². The predicted molar refractivity (Wildman–Crippen MR) is 89.6 cm³/mol. The Morgan fingerprint density at radius 3 is 1.78 bits per heavy atom. The van der Waals surface area contributed by atoms with Crippen molar-refractivity contribution in [1.29, 1.82) is 26.3 Å². The number of fused-ring (bicyclic) bond motifs is 3. The number of carbonyl (C=O) groups excluding carboxylic acids is 1. The monoisotopic (exact) mass is 346 g/mol. The molecule has 4 rings (SSSR count). The summed E-state index contributed by atoms with van der Waals surface area (Å²) in [6.07, 6.45) is 0. The zero-order valence-corrected chi connectivity index (χ0v) is 13.6.